The summed E-state index contributed by atoms with van der Waals surface area (Å²) in [4.78, 5) is 19.4. The third-order valence-corrected chi connectivity index (χ3v) is 4.94. The maximum Gasteiger partial charge on any atom is 0.399 e. The number of benzene rings is 1. The molecule has 1 aliphatic carbocycles. The Bertz CT molecular complexity index is 834. The van der Waals surface area contributed by atoms with Crippen LogP contribution in [0.25, 0.3) is 9.69 Å². The highest BCUT2D eigenvalue weighted by atomic mass is 16.6. The summed E-state index contributed by atoms with van der Waals surface area (Å²) < 4.78 is 10.5. The van der Waals surface area contributed by atoms with Crippen molar-refractivity contribution in [1.29, 1.82) is 0 Å². The summed E-state index contributed by atoms with van der Waals surface area (Å²) in [6.07, 6.45) is 1.91. The second kappa shape index (κ2) is 9.18. The third kappa shape index (κ3) is 4.40. The summed E-state index contributed by atoms with van der Waals surface area (Å²) in [6, 6.07) is 7.26. The molecule has 1 aliphatic rings. The Labute approximate surface area is 164 Å². The van der Waals surface area contributed by atoms with Crippen molar-refractivity contribution in [3.8, 4) is 18.9 Å². The van der Waals surface area contributed by atoms with Gasteiger partial charge in [0.15, 0.2) is 0 Å². The summed E-state index contributed by atoms with van der Waals surface area (Å²) in [5.41, 5.74) is -0.213. The van der Waals surface area contributed by atoms with Crippen LogP contribution in [0.2, 0.25) is 0 Å². The van der Waals surface area contributed by atoms with Crippen LogP contribution in [0.3, 0.4) is 0 Å². The lowest BCUT2D eigenvalue weighted by Crippen LogP contribution is -2.48. The van der Waals surface area contributed by atoms with Gasteiger partial charge in [0, 0.05) is 0 Å². The Morgan fingerprint density at radius 1 is 1.32 bits per heavy atom. The number of nitrogens with zero attached hydrogens (tertiary/aromatic N) is 2. The Kier molecular flexibility index (Phi) is 6.94. The van der Waals surface area contributed by atoms with Crippen LogP contribution in [-0.4, -0.2) is 47.6 Å². The van der Waals surface area contributed by atoms with E-state index in [-0.39, 0.29) is 18.5 Å². The van der Waals surface area contributed by atoms with Gasteiger partial charge in [-0.15, -0.1) is 0 Å². The molecular formula is C21H24N2O5+2. The lowest BCUT2D eigenvalue weighted by Gasteiger charge is -2.32. The van der Waals surface area contributed by atoms with E-state index < -0.39 is 36.2 Å². The lowest BCUT2D eigenvalue weighted by atomic mass is 9.70. The van der Waals surface area contributed by atoms with E-state index >= 15 is 0 Å². The number of hydrogen-bond donors (Lipinski definition) is 2. The number of hydrogen-bond acceptors (Lipinski definition) is 5. The minimum absolute atomic E-state index is 0.184. The lowest BCUT2D eigenvalue weighted by molar-refractivity contribution is -0.154. The van der Waals surface area contributed by atoms with Crippen LogP contribution in [0.4, 0.5) is 0 Å². The van der Waals surface area contributed by atoms with Crippen molar-refractivity contribution < 1.29 is 24.5 Å². The minimum Gasteiger partial charge on any atom is -0.497 e. The molecule has 0 saturated heterocycles. The number of aliphatic hydroxyl groups excluding tert-OH is 2. The zero-order valence-corrected chi connectivity index (χ0v) is 15.7. The molecule has 1 aromatic carbocycles. The molecule has 2 N–H and O–H groups in total. The molecule has 0 saturated carbocycles. The van der Waals surface area contributed by atoms with Gasteiger partial charge in [-0.05, 0) is 41.6 Å². The topological polar surface area (TPSA) is 84.7 Å². The molecule has 28 heavy (non-hydrogen) atoms. The average molecular weight is 384 g/mol. The van der Waals surface area contributed by atoms with Gasteiger partial charge in [-0.3, -0.25) is 0 Å². The molecule has 0 amide bonds. The van der Waals surface area contributed by atoms with Crippen LogP contribution >= 0.6 is 0 Å². The standard InChI is InChI=1S/C21H24N2O5/c1-14(22-2)21(23-3,12-15-5-8-17(27-4)9-6-15)18-11-16(25)7-10-19(18)28-20(26)13-24/h2-3,5-10,16,18-19,24-25H,1,11-13H2,4H3/q+2/t16-,18-,19-,21?/m0/s1. The first-order chi connectivity index (χ1) is 13.4. The molecule has 7 heteroatoms. The van der Waals surface area contributed by atoms with E-state index in [9.17, 15) is 9.90 Å². The number of carbonyl (C=O) groups is 1. The maximum absolute atomic E-state index is 11.7. The summed E-state index contributed by atoms with van der Waals surface area (Å²) in [7, 11) is 1.57. The first-order valence-electron chi connectivity index (χ1n) is 8.72. The van der Waals surface area contributed by atoms with Crippen LogP contribution in [0.5, 0.6) is 5.75 Å². The highest BCUT2D eigenvalue weighted by Gasteiger charge is 2.62. The SMILES string of the molecule is C#[N+]C(=C)C(Cc1ccc(OC)cc1)([N+]#C)[C@H]1C[C@@H](O)C=C[C@@H]1OC(=O)CO. The summed E-state index contributed by atoms with van der Waals surface area (Å²) in [6.45, 7) is 14.5. The molecule has 0 aliphatic heterocycles. The molecule has 0 fully saturated rings. The molecule has 0 heterocycles. The fourth-order valence-corrected chi connectivity index (χ4v) is 3.45. The van der Waals surface area contributed by atoms with Crippen LogP contribution in [-0.2, 0) is 16.0 Å². The van der Waals surface area contributed by atoms with E-state index in [0.717, 1.165) is 5.56 Å². The number of methoxy groups -OCH3 is 1. The van der Waals surface area contributed by atoms with Gasteiger partial charge in [-0.1, -0.05) is 23.1 Å². The number of esters is 1. The molecule has 0 radical (unpaired) electrons. The van der Waals surface area contributed by atoms with Crippen molar-refractivity contribution >= 4 is 5.97 Å². The summed E-state index contributed by atoms with van der Waals surface area (Å²) >= 11 is 0. The highest BCUT2D eigenvalue weighted by Crippen LogP contribution is 2.42. The van der Waals surface area contributed by atoms with Crippen molar-refractivity contribution in [3.63, 3.8) is 0 Å². The second-order valence-corrected chi connectivity index (χ2v) is 6.56. The molecule has 146 valence electrons. The minimum atomic E-state index is -1.24. The monoisotopic (exact) mass is 384 g/mol. The van der Waals surface area contributed by atoms with Crippen LogP contribution in [0, 0.1) is 19.1 Å². The quantitative estimate of drug-likeness (QED) is 0.556. The van der Waals surface area contributed by atoms with Crippen molar-refractivity contribution in [2.24, 2.45) is 5.92 Å². The predicted molar refractivity (Wildman–Crippen MR) is 105 cm³/mol. The van der Waals surface area contributed by atoms with E-state index in [2.05, 4.69) is 16.3 Å². The Morgan fingerprint density at radius 2 is 2.00 bits per heavy atom. The van der Waals surface area contributed by atoms with E-state index in [1.165, 1.54) is 6.08 Å². The third-order valence-electron chi connectivity index (χ3n) is 4.94. The molecule has 4 atom stereocenters. The normalized spacial score (nSPS) is 23.0. The molecule has 1 aromatic rings. The Balaban J connectivity index is 2.48. The van der Waals surface area contributed by atoms with Gasteiger partial charge in [-0.25, -0.2) is 4.79 Å². The van der Waals surface area contributed by atoms with Crippen LogP contribution < -0.4 is 4.74 Å². The van der Waals surface area contributed by atoms with E-state index in [0.29, 0.717) is 5.75 Å². The van der Waals surface area contributed by atoms with Gasteiger partial charge in [0.2, 0.25) is 0 Å². The Morgan fingerprint density at radius 3 is 2.54 bits per heavy atom. The second-order valence-electron chi connectivity index (χ2n) is 6.56. The molecule has 0 spiro atoms. The smallest absolute Gasteiger partial charge is 0.399 e. The van der Waals surface area contributed by atoms with Crippen LogP contribution in [0.15, 0.2) is 48.7 Å². The van der Waals surface area contributed by atoms with Crippen molar-refractivity contribution in [2.75, 3.05) is 13.7 Å². The van der Waals surface area contributed by atoms with Gasteiger partial charge in [0.05, 0.1) is 25.6 Å². The average Bonchev–Trinajstić information content (AvgIpc) is 2.73. The number of ether oxygens (including phenoxy) is 2. The molecule has 1 unspecified atom stereocenters. The number of carbonyl (C=O) groups excluding carboxylic acids is 1. The van der Waals surface area contributed by atoms with Crippen molar-refractivity contribution in [1.82, 2.24) is 0 Å². The van der Waals surface area contributed by atoms with Crippen molar-refractivity contribution in [3.05, 3.63) is 63.9 Å². The fraction of sp³-hybridized carbons (Fsp3) is 0.381. The predicted octanol–water partition coefficient (Wildman–Crippen LogP) is 2.26. The van der Waals surface area contributed by atoms with E-state index in [1.54, 1.807) is 25.3 Å². The van der Waals surface area contributed by atoms with E-state index in [4.69, 9.17) is 27.7 Å². The summed E-state index contributed by atoms with van der Waals surface area (Å²) in [5.74, 6) is -0.719. The molecule has 7 nitrogen and oxygen atoms in total. The molecule has 0 aromatic heterocycles. The van der Waals surface area contributed by atoms with Gasteiger partial charge >= 0.3 is 17.2 Å². The van der Waals surface area contributed by atoms with Crippen LogP contribution in [0.1, 0.15) is 12.0 Å². The highest BCUT2D eigenvalue weighted by molar-refractivity contribution is 5.70. The zero-order valence-electron chi connectivity index (χ0n) is 15.7. The van der Waals surface area contributed by atoms with Gasteiger partial charge < -0.3 is 19.7 Å². The number of aliphatic hydroxyl groups is 2. The summed E-state index contributed by atoms with van der Waals surface area (Å²) in [5, 5.41) is 19.2. The number of rotatable bonds is 7. The molecule has 0 bridgehead atoms. The fourth-order valence-electron chi connectivity index (χ4n) is 3.45. The van der Waals surface area contributed by atoms with Gasteiger partial charge in [0.1, 0.15) is 18.5 Å². The van der Waals surface area contributed by atoms with E-state index in [1.807, 2.05) is 12.1 Å². The first kappa shape index (κ1) is 21.2. The molecular weight excluding hydrogens is 360 g/mol. The van der Waals surface area contributed by atoms with Crippen molar-refractivity contribution in [2.45, 2.75) is 30.6 Å². The van der Waals surface area contributed by atoms with Gasteiger partial charge in [-0.2, -0.15) is 0 Å². The Hall–Kier alpha value is -3.13. The largest absolute Gasteiger partial charge is 0.497 e. The first-order valence-corrected chi connectivity index (χ1v) is 8.72. The maximum atomic E-state index is 11.7. The zero-order chi connectivity index (χ0) is 20.7. The molecule has 2 rings (SSSR count). The van der Waals surface area contributed by atoms with Gasteiger partial charge in [0.25, 0.3) is 13.1 Å².